The van der Waals surface area contributed by atoms with Crippen molar-refractivity contribution in [1.29, 1.82) is 0 Å². The number of aromatic nitrogens is 1. The van der Waals surface area contributed by atoms with Crippen LogP contribution in [0.3, 0.4) is 0 Å². The molecule has 0 fully saturated rings. The first-order valence-electron chi connectivity index (χ1n) is 11.0. The van der Waals surface area contributed by atoms with Crippen molar-refractivity contribution in [1.82, 2.24) is 10.3 Å². The second kappa shape index (κ2) is 10.3. The van der Waals surface area contributed by atoms with Gasteiger partial charge in [-0.05, 0) is 12.1 Å². The third-order valence-corrected chi connectivity index (χ3v) is 9.41. The monoisotopic (exact) mass is 585 g/mol. The molecule has 202 valence electrons. The molecular formula is C23H22F3N5O4S3. The van der Waals surface area contributed by atoms with Crippen molar-refractivity contribution in [2.75, 3.05) is 11.1 Å². The molecule has 2 heterocycles. The van der Waals surface area contributed by atoms with Crippen molar-refractivity contribution >= 4 is 60.1 Å². The zero-order valence-electron chi connectivity index (χ0n) is 20.2. The number of phenols is 2. The second-order valence-electron chi connectivity index (χ2n) is 9.27. The van der Waals surface area contributed by atoms with Crippen molar-refractivity contribution in [3.8, 4) is 11.5 Å². The molecule has 3 aromatic rings. The Morgan fingerprint density at radius 3 is 2.29 bits per heavy atom. The summed E-state index contributed by atoms with van der Waals surface area (Å²) in [5.74, 6) is -1.69. The van der Waals surface area contributed by atoms with Gasteiger partial charge in [0.05, 0.1) is 10.2 Å². The summed E-state index contributed by atoms with van der Waals surface area (Å²) in [5.41, 5.74) is -2.37. The highest BCUT2D eigenvalue weighted by Gasteiger charge is 2.65. The molecule has 0 radical (unpaired) electrons. The van der Waals surface area contributed by atoms with Crippen molar-refractivity contribution in [2.24, 2.45) is 10.2 Å². The van der Waals surface area contributed by atoms with Gasteiger partial charge in [0.1, 0.15) is 6.04 Å². The lowest BCUT2D eigenvalue weighted by Crippen LogP contribution is -2.45. The first kappa shape index (κ1) is 28.0. The van der Waals surface area contributed by atoms with E-state index in [2.05, 4.69) is 25.8 Å². The molecular weight excluding hydrogens is 563 g/mol. The second-order valence-corrected chi connectivity index (χ2v) is 13.5. The zero-order chi connectivity index (χ0) is 27.9. The fraction of sp³-hybridized carbons (Fsp3) is 0.348. The van der Waals surface area contributed by atoms with Crippen LogP contribution in [-0.2, 0) is 10.5 Å². The summed E-state index contributed by atoms with van der Waals surface area (Å²) in [6.07, 6.45) is -4.68. The molecule has 0 unspecified atom stereocenters. The van der Waals surface area contributed by atoms with E-state index in [4.69, 9.17) is 0 Å². The Morgan fingerprint density at radius 1 is 1.08 bits per heavy atom. The molecule has 1 atom stereocenters. The summed E-state index contributed by atoms with van der Waals surface area (Å²) in [6, 6.07) is 6.29. The molecule has 9 nitrogen and oxygen atoms in total. The Morgan fingerprint density at radius 2 is 1.71 bits per heavy atom. The smallest absolute Gasteiger partial charge is 0.442 e. The number of thiazole rings is 1. The van der Waals surface area contributed by atoms with Crippen LogP contribution in [0.25, 0.3) is 10.2 Å². The highest BCUT2D eigenvalue weighted by Crippen LogP contribution is 2.52. The number of aromatic hydroxyl groups is 2. The molecule has 1 aliphatic rings. The molecule has 2 aromatic carbocycles. The van der Waals surface area contributed by atoms with E-state index in [9.17, 15) is 33.0 Å². The maximum absolute atomic E-state index is 13.2. The predicted molar refractivity (Wildman–Crippen MR) is 142 cm³/mol. The lowest BCUT2D eigenvalue weighted by molar-refractivity contribution is -0.166. The molecule has 1 aromatic heterocycles. The van der Waals surface area contributed by atoms with Crippen molar-refractivity contribution in [2.45, 2.75) is 43.4 Å². The number of benzene rings is 2. The number of anilines is 1. The minimum Gasteiger partial charge on any atom is -0.504 e. The van der Waals surface area contributed by atoms with Gasteiger partial charge in [-0.15, -0.1) is 10.2 Å². The molecule has 15 heteroatoms. The SMILES string of the molecule is CC(C)(C)SSC[C@@H](NC(=O)c1ccc(C2(C(F)(F)F)N=N2)cc1)C(=O)Nc1nc2cc(O)c(O)cc2s1. The van der Waals surface area contributed by atoms with Crippen LogP contribution in [0, 0.1) is 0 Å². The normalized spacial score (nSPS) is 15.3. The van der Waals surface area contributed by atoms with Crippen LogP contribution in [0.5, 0.6) is 11.5 Å². The number of hydrogen-bond donors (Lipinski definition) is 4. The molecule has 2 amide bonds. The number of halogens is 3. The van der Waals surface area contributed by atoms with Crippen LogP contribution in [0.1, 0.15) is 36.7 Å². The number of nitrogens with one attached hydrogen (secondary N) is 2. The van der Waals surface area contributed by atoms with Gasteiger partial charge in [-0.2, -0.15) is 13.2 Å². The van der Waals surface area contributed by atoms with Gasteiger partial charge in [-0.1, -0.05) is 65.8 Å². The first-order valence-corrected chi connectivity index (χ1v) is 14.2. The quantitative estimate of drug-likeness (QED) is 0.194. The zero-order valence-corrected chi connectivity index (χ0v) is 22.6. The molecule has 38 heavy (non-hydrogen) atoms. The van der Waals surface area contributed by atoms with Gasteiger partial charge in [-0.3, -0.25) is 9.59 Å². The van der Waals surface area contributed by atoms with Gasteiger partial charge < -0.3 is 20.8 Å². The average molecular weight is 586 g/mol. The summed E-state index contributed by atoms with van der Waals surface area (Å²) >= 11 is 1.07. The first-order chi connectivity index (χ1) is 17.7. The molecule has 4 N–H and O–H groups in total. The minimum absolute atomic E-state index is 0.0592. The number of carbonyl (C=O) groups is 2. The standard InChI is InChI=1S/C23H22F3N5O4S3/c1-21(2,3)38-36-10-14(19(35)29-20-28-13-8-15(32)16(33)9-17(13)37-20)27-18(34)11-4-6-12(7-5-11)22(30-31-22)23(24,25)26/h4-9,14,32-33H,10H2,1-3H3,(H,27,34)(H,28,29,35)/t14-/m1/s1. The minimum atomic E-state index is -4.68. The van der Waals surface area contributed by atoms with Crippen molar-refractivity contribution in [3.63, 3.8) is 0 Å². The summed E-state index contributed by atoms with van der Waals surface area (Å²) in [5, 5.41) is 31.2. The predicted octanol–water partition coefficient (Wildman–Crippen LogP) is 5.81. The fourth-order valence-corrected chi connectivity index (χ4v) is 6.55. The molecule has 0 saturated carbocycles. The average Bonchev–Trinajstić information content (AvgIpc) is 3.56. The van der Waals surface area contributed by atoms with Gasteiger partial charge in [0.15, 0.2) is 16.6 Å². The maximum Gasteiger partial charge on any atom is 0.442 e. The van der Waals surface area contributed by atoms with E-state index in [1.807, 2.05) is 20.8 Å². The number of hydrogen-bond acceptors (Lipinski definition) is 10. The number of alkyl halides is 3. The van der Waals surface area contributed by atoms with E-state index in [-0.39, 0.29) is 38.3 Å². The highest BCUT2D eigenvalue weighted by atomic mass is 33.1. The number of phenolic OH excluding ortho intramolecular Hbond substituents is 2. The summed E-state index contributed by atoms with van der Waals surface area (Å²) in [7, 11) is 2.90. The van der Waals surface area contributed by atoms with E-state index in [1.54, 1.807) is 0 Å². The number of amides is 2. The Kier molecular flexibility index (Phi) is 7.56. The molecule has 4 rings (SSSR count). The Bertz CT molecular complexity index is 1360. The van der Waals surface area contributed by atoms with Gasteiger partial charge in [0, 0.05) is 33.8 Å². The Hall–Kier alpha value is -3.04. The van der Waals surface area contributed by atoms with E-state index >= 15 is 0 Å². The fourth-order valence-electron chi connectivity index (χ4n) is 3.20. The van der Waals surface area contributed by atoms with Crippen LogP contribution >= 0.6 is 32.9 Å². The Labute approximate surface area is 226 Å². The van der Waals surface area contributed by atoms with Gasteiger partial charge >= 0.3 is 11.8 Å². The molecule has 0 saturated heterocycles. The van der Waals surface area contributed by atoms with Crippen LogP contribution in [-0.4, -0.2) is 49.7 Å². The van der Waals surface area contributed by atoms with Crippen molar-refractivity contribution < 1.29 is 33.0 Å². The maximum atomic E-state index is 13.2. The number of fused-ring (bicyclic) bond motifs is 1. The summed E-state index contributed by atoms with van der Waals surface area (Å²) in [6.45, 7) is 5.99. The largest absolute Gasteiger partial charge is 0.504 e. The molecule has 1 aliphatic heterocycles. The lowest BCUT2D eigenvalue weighted by Gasteiger charge is -2.21. The van der Waals surface area contributed by atoms with Gasteiger partial charge in [0.2, 0.25) is 5.91 Å². The number of rotatable bonds is 8. The van der Waals surface area contributed by atoms with Crippen LogP contribution < -0.4 is 10.6 Å². The highest BCUT2D eigenvalue weighted by molar-refractivity contribution is 8.77. The summed E-state index contributed by atoms with van der Waals surface area (Å²) in [4.78, 5) is 30.3. The van der Waals surface area contributed by atoms with Crippen LogP contribution in [0.2, 0.25) is 0 Å². The van der Waals surface area contributed by atoms with Crippen LogP contribution in [0.15, 0.2) is 46.6 Å². The van der Waals surface area contributed by atoms with Gasteiger partial charge in [-0.25, -0.2) is 4.98 Å². The van der Waals surface area contributed by atoms with E-state index in [0.717, 1.165) is 23.5 Å². The molecule has 0 bridgehead atoms. The molecule has 0 aliphatic carbocycles. The third-order valence-electron chi connectivity index (χ3n) is 5.13. The van der Waals surface area contributed by atoms with Crippen LogP contribution in [0.4, 0.5) is 18.3 Å². The summed E-state index contributed by atoms with van der Waals surface area (Å²) < 4.78 is 40.1. The topological polar surface area (TPSA) is 136 Å². The molecule has 0 spiro atoms. The van der Waals surface area contributed by atoms with Gasteiger partial charge in [0.25, 0.3) is 5.91 Å². The van der Waals surface area contributed by atoms with E-state index in [0.29, 0.717) is 10.2 Å². The van der Waals surface area contributed by atoms with E-state index in [1.165, 1.54) is 45.9 Å². The van der Waals surface area contributed by atoms with E-state index < -0.39 is 29.7 Å². The Balaban J connectivity index is 1.49. The number of nitrogens with zero attached hydrogens (tertiary/aromatic N) is 3. The van der Waals surface area contributed by atoms with Crippen molar-refractivity contribution in [3.05, 3.63) is 47.5 Å². The third kappa shape index (κ3) is 6.15. The lowest BCUT2D eigenvalue weighted by atomic mass is 10.0. The number of carbonyl (C=O) groups excluding carboxylic acids is 2.